The van der Waals surface area contributed by atoms with Gasteiger partial charge in [0.2, 0.25) is 5.82 Å². The van der Waals surface area contributed by atoms with E-state index in [4.69, 9.17) is 4.74 Å². The van der Waals surface area contributed by atoms with Crippen molar-refractivity contribution in [2.75, 3.05) is 18.4 Å². The highest BCUT2D eigenvalue weighted by molar-refractivity contribution is 5.64. The maximum Gasteiger partial charge on any atom is 0.256 e. The van der Waals surface area contributed by atoms with E-state index in [1.165, 1.54) is 16.6 Å². The van der Waals surface area contributed by atoms with Crippen molar-refractivity contribution in [3.63, 3.8) is 0 Å². The summed E-state index contributed by atoms with van der Waals surface area (Å²) in [6.07, 6.45) is 5.59. The molecule has 0 bridgehead atoms. The van der Waals surface area contributed by atoms with Crippen LogP contribution in [0.3, 0.4) is 0 Å². The lowest BCUT2D eigenvalue weighted by Crippen LogP contribution is -2.37. The largest absolute Gasteiger partial charge is 0.471 e. The van der Waals surface area contributed by atoms with E-state index >= 15 is 4.39 Å². The van der Waals surface area contributed by atoms with Crippen molar-refractivity contribution in [3.05, 3.63) is 47.7 Å². The highest BCUT2D eigenvalue weighted by Gasteiger charge is 2.30. The Morgan fingerprint density at radius 1 is 1.21 bits per heavy atom. The van der Waals surface area contributed by atoms with Gasteiger partial charge in [0.15, 0.2) is 11.5 Å². The van der Waals surface area contributed by atoms with Crippen LogP contribution in [0.2, 0.25) is 0 Å². The zero-order valence-electron chi connectivity index (χ0n) is 15.3. The second-order valence-electron chi connectivity index (χ2n) is 7.41. The summed E-state index contributed by atoms with van der Waals surface area (Å²) in [5.74, 6) is -0.571. The van der Waals surface area contributed by atoms with Crippen molar-refractivity contribution in [3.8, 4) is 5.88 Å². The van der Waals surface area contributed by atoms with E-state index in [1.54, 1.807) is 18.3 Å². The van der Waals surface area contributed by atoms with Crippen LogP contribution < -0.4 is 15.4 Å². The number of piperidine rings is 1. The average Bonchev–Trinajstić information content (AvgIpc) is 3.46. The molecule has 1 saturated carbocycles. The number of aromatic nitrogens is 3. The van der Waals surface area contributed by atoms with Crippen LogP contribution in [0.15, 0.2) is 30.5 Å². The van der Waals surface area contributed by atoms with Crippen LogP contribution in [0, 0.1) is 11.6 Å². The minimum Gasteiger partial charge on any atom is -0.471 e. The summed E-state index contributed by atoms with van der Waals surface area (Å²) in [6, 6.07) is 5.89. The summed E-state index contributed by atoms with van der Waals surface area (Å²) in [5.41, 5.74) is 2.01. The number of anilines is 2. The molecule has 1 aliphatic carbocycles. The van der Waals surface area contributed by atoms with Crippen molar-refractivity contribution in [1.82, 2.24) is 19.9 Å². The Morgan fingerprint density at radius 2 is 2.11 bits per heavy atom. The first-order valence-electron chi connectivity index (χ1n) is 9.66. The third-order valence-electron chi connectivity index (χ3n) is 5.22. The number of halogens is 2. The molecule has 1 aliphatic heterocycles. The van der Waals surface area contributed by atoms with E-state index in [2.05, 4.69) is 20.7 Å². The molecule has 1 saturated heterocycles. The molecule has 8 heteroatoms. The van der Waals surface area contributed by atoms with Crippen LogP contribution in [-0.2, 0) is 0 Å². The molecule has 2 fully saturated rings. The molecule has 1 atom stereocenters. The fourth-order valence-electron chi connectivity index (χ4n) is 3.62. The quantitative estimate of drug-likeness (QED) is 0.700. The molecular weight excluding hydrogens is 364 g/mol. The SMILES string of the molecule is Fc1cccc(Nc2c(F)c(O[C@H]3CCCNC3)nc3c(C4CC4)cnn23)c1. The third-order valence-corrected chi connectivity index (χ3v) is 5.22. The first-order valence-corrected chi connectivity index (χ1v) is 9.66. The molecule has 1 aromatic carbocycles. The van der Waals surface area contributed by atoms with E-state index in [-0.39, 0.29) is 17.8 Å². The second kappa shape index (κ2) is 7.01. The monoisotopic (exact) mass is 385 g/mol. The molecule has 6 nitrogen and oxygen atoms in total. The van der Waals surface area contributed by atoms with E-state index in [1.807, 2.05) is 0 Å². The molecule has 0 radical (unpaired) electrons. The molecule has 0 amide bonds. The fraction of sp³-hybridized carbons (Fsp3) is 0.400. The van der Waals surface area contributed by atoms with Gasteiger partial charge in [-0.25, -0.2) is 4.39 Å². The maximum atomic E-state index is 15.3. The number of nitrogens with zero attached hydrogens (tertiary/aromatic N) is 3. The van der Waals surface area contributed by atoms with Crippen molar-refractivity contribution in [2.24, 2.45) is 0 Å². The topological polar surface area (TPSA) is 63.5 Å². The maximum absolute atomic E-state index is 15.3. The Kier molecular flexibility index (Phi) is 4.35. The predicted molar refractivity (Wildman–Crippen MR) is 101 cm³/mol. The lowest BCUT2D eigenvalue weighted by Gasteiger charge is -2.24. The van der Waals surface area contributed by atoms with Gasteiger partial charge in [-0.1, -0.05) is 6.07 Å². The van der Waals surface area contributed by atoms with Crippen LogP contribution in [0.4, 0.5) is 20.3 Å². The highest BCUT2D eigenvalue weighted by Crippen LogP contribution is 2.42. The van der Waals surface area contributed by atoms with Gasteiger partial charge in [-0.05, 0) is 56.3 Å². The molecule has 0 unspecified atom stereocenters. The van der Waals surface area contributed by atoms with E-state index in [0.717, 1.165) is 37.8 Å². The lowest BCUT2D eigenvalue weighted by atomic mass is 10.1. The van der Waals surface area contributed by atoms with Crippen molar-refractivity contribution >= 4 is 17.2 Å². The smallest absolute Gasteiger partial charge is 0.256 e. The standard InChI is InChI=1S/C20H21F2N5O/c21-13-3-1-4-14(9-13)25-19-17(22)20(28-15-5-2-8-23-10-15)26-18-16(12-6-7-12)11-24-27(18)19/h1,3-4,9,11-12,15,23,25H,2,5-8,10H2/t15-/m0/s1. The van der Waals surface area contributed by atoms with Crippen molar-refractivity contribution < 1.29 is 13.5 Å². The molecule has 3 aromatic rings. The van der Waals surface area contributed by atoms with Gasteiger partial charge >= 0.3 is 0 Å². The van der Waals surface area contributed by atoms with Gasteiger partial charge in [0, 0.05) is 17.8 Å². The van der Waals surface area contributed by atoms with Gasteiger partial charge < -0.3 is 15.4 Å². The number of rotatable bonds is 5. The van der Waals surface area contributed by atoms with Gasteiger partial charge in [-0.15, -0.1) is 0 Å². The zero-order valence-corrected chi connectivity index (χ0v) is 15.3. The van der Waals surface area contributed by atoms with Crippen LogP contribution in [0.25, 0.3) is 5.65 Å². The Morgan fingerprint density at radius 3 is 2.86 bits per heavy atom. The molecule has 28 heavy (non-hydrogen) atoms. The molecule has 3 heterocycles. The van der Waals surface area contributed by atoms with Crippen molar-refractivity contribution in [1.29, 1.82) is 0 Å². The van der Waals surface area contributed by atoms with Crippen LogP contribution in [0.5, 0.6) is 5.88 Å². The summed E-state index contributed by atoms with van der Waals surface area (Å²) < 4.78 is 36.3. The van der Waals surface area contributed by atoms with E-state index in [9.17, 15) is 4.39 Å². The fourth-order valence-corrected chi connectivity index (χ4v) is 3.62. The normalized spacial score (nSPS) is 19.7. The molecular formula is C20H21F2N5O. The van der Waals surface area contributed by atoms with Gasteiger partial charge in [-0.3, -0.25) is 0 Å². The number of benzene rings is 1. The number of hydrogen-bond donors (Lipinski definition) is 2. The number of hydrogen-bond acceptors (Lipinski definition) is 5. The molecule has 2 aliphatic rings. The Balaban J connectivity index is 1.58. The molecule has 5 rings (SSSR count). The summed E-state index contributed by atoms with van der Waals surface area (Å²) in [5, 5.41) is 10.6. The Bertz CT molecular complexity index is 1010. The van der Waals surface area contributed by atoms with Gasteiger partial charge in [-0.2, -0.15) is 19.0 Å². The van der Waals surface area contributed by atoms with E-state index < -0.39 is 11.6 Å². The number of fused-ring (bicyclic) bond motifs is 1. The summed E-state index contributed by atoms with van der Waals surface area (Å²) in [7, 11) is 0. The Hall–Kier alpha value is -2.74. The van der Waals surface area contributed by atoms with Crippen LogP contribution in [0.1, 0.15) is 37.2 Å². The van der Waals surface area contributed by atoms with Gasteiger partial charge in [0.05, 0.1) is 6.20 Å². The summed E-state index contributed by atoms with van der Waals surface area (Å²) in [4.78, 5) is 4.47. The zero-order chi connectivity index (χ0) is 19.1. The molecule has 2 aromatic heterocycles. The van der Waals surface area contributed by atoms with Crippen LogP contribution in [-0.4, -0.2) is 33.8 Å². The van der Waals surface area contributed by atoms with Crippen LogP contribution >= 0.6 is 0 Å². The predicted octanol–water partition coefficient (Wildman–Crippen LogP) is 3.76. The molecule has 2 N–H and O–H groups in total. The molecule has 146 valence electrons. The van der Waals surface area contributed by atoms with Crippen molar-refractivity contribution in [2.45, 2.75) is 37.7 Å². The average molecular weight is 385 g/mol. The Labute approximate surface area is 160 Å². The lowest BCUT2D eigenvalue weighted by molar-refractivity contribution is 0.153. The number of ether oxygens (including phenoxy) is 1. The molecule has 0 spiro atoms. The minimum absolute atomic E-state index is 0.0393. The van der Waals surface area contributed by atoms with Gasteiger partial charge in [0.25, 0.3) is 5.88 Å². The summed E-state index contributed by atoms with van der Waals surface area (Å²) in [6.45, 7) is 1.60. The minimum atomic E-state index is -0.632. The second-order valence-corrected chi connectivity index (χ2v) is 7.41. The third kappa shape index (κ3) is 3.28. The van der Waals surface area contributed by atoms with E-state index in [0.29, 0.717) is 23.8 Å². The summed E-state index contributed by atoms with van der Waals surface area (Å²) >= 11 is 0. The first kappa shape index (κ1) is 17.4. The first-order chi connectivity index (χ1) is 13.7. The number of nitrogens with one attached hydrogen (secondary N) is 2. The highest BCUT2D eigenvalue weighted by atomic mass is 19.1. The van der Waals surface area contributed by atoms with Gasteiger partial charge in [0.1, 0.15) is 11.9 Å².